The van der Waals surface area contributed by atoms with Gasteiger partial charge in [0.05, 0.1) is 27.8 Å². The molecule has 0 atom stereocenters. The Bertz CT molecular complexity index is 2830. The molecule has 51 heavy (non-hydrogen) atoms. The van der Waals surface area contributed by atoms with Crippen molar-refractivity contribution in [2.75, 3.05) is 4.90 Å². The first-order valence-corrected chi connectivity index (χ1v) is 17.5. The van der Waals surface area contributed by atoms with Gasteiger partial charge in [-0.3, -0.25) is 0 Å². The van der Waals surface area contributed by atoms with Crippen molar-refractivity contribution >= 4 is 60.7 Å². The minimum Gasteiger partial charge on any atom is -0.309 e. The van der Waals surface area contributed by atoms with Gasteiger partial charge in [0.25, 0.3) is 0 Å². The van der Waals surface area contributed by atoms with Crippen LogP contribution in [-0.4, -0.2) is 9.13 Å². The van der Waals surface area contributed by atoms with Gasteiger partial charge in [-0.15, -0.1) is 0 Å². The van der Waals surface area contributed by atoms with Gasteiger partial charge in [0.15, 0.2) is 0 Å². The van der Waals surface area contributed by atoms with Crippen LogP contribution in [0.3, 0.4) is 0 Å². The summed E-state index contributed by atoms with van der Waals surface area (Å²) < 4.78 is 4.82. The number of hydrogen-bond donors (Lipinski definition) is 0. The molecule has 0 spiro atoms. The highest BCUT2D eigenvalue weighted by Gasteiger charge is 2.23. The van der Waals surface area contributed by atoms with Gasteiger partial charge in [0, 0.05) is 44.3 Å². The van der Waals surface area contributed by atoms with E-state index >= 15 is 0 Å². The summed E-state index contributed by atoms with van der Waals surface area (Å²) in [5.74, 6) is 0. The van der Waals surface area contributed by atoms with Crippen molar-refractivity contribution in [1.82, 2.24) is 9.13 Å². The number of fused-ring (bicyclic) bond motifs is 6. The summed E-state index contributed by atoms with van der Waals surface area (Å²) in [6, 6.07) is 72.1. The van der Waals surface area contributed by atoms with Crippen molar-refractivity contribution in [2.45, 2.75) is 0 Å². The number of anilines is 3. The zero-order valence-electron chi connectivity index (χ0n) is 27.9. The molecule has 0 N–H and O–H groups in total. The summed E-state index contributed by atoms with van der Waals surface area (Å²) in [6.07, 6.45) is 0. The monoisotopic (exact) mass is 651 g/mol. The molecule has 0 aliphatic carbocycles. The molecule has 10 aromatic rings. The summed E-state index contributed by atoms with van der Waals surface area (Å²) in [4.78, 5) is 2.43. The van der Waals surface area contributed by atoms with Crippen LogP contribution in [0.4, 0.5) is 17.1 Å². The molecule has 0 bridgehead atoms. The fraction of sp³-hybridized carbons (Fsp3) is 0. The molecule has 240 valence electrons. The Morgan fingerprint density at radius 3 is 1.49 bits per heavy atom. The number of rotatable bonds is 6. The van der Waals surface area contributed by atoms with E-state index in [9.17, 15) is 0 Å². The second-order valence-electron chi connectivity index (χ2n) is 13.0. The molecule has 0 radical (unpaired) electrons. The van der Waals surface area contributed by atoms with Gasteiger partial charge < -0.3 is 14.0 Å². The Balaban J connectivity index is 1.28. The van der Waals surface area contributed by atoms with Gasteiger partial charge >= 0.3 is 0 Å². The minimum absolute atomic E-state index is 1.09. The maximum atomic E-state index is 2.43. The fourth-order valence-corrected chi connectivity index (χ4v) is 7.84. The smallest absolute Gasteiger partial charge is 0.0782 e. The highest BCUT2D eigenvalue weighted by molar-refractivity contribution is 6.15. The van der Waals surface area contributed by atoms with E-state index in [0.29, 0.717) is 0 Å². The molecule has 3 heteroatoms. The van der Waals surface area contributed by atoms with Crippen molar-refractivity contribution in [2.24, 2.45) is 0 Å². The third-order valence-corrected chi connectivity index (χ3v) is 10.1. The minimum atomic E-state index is 1.09. The van der Waals surface area contributed by atoms with Crippen molar-refractivity contribution in [3.63, 3.8) is 0 Å². The predicted molar refractivity (Wildman–Crippen MR) is 215 cm³/mol. The van der Waals surface area contributed by atoms with Crippen molar-refractivity contribution < 1.29 is 0 Å². The number of benzene rings is 8. The quantitative estimate of drug-likeness (QED) is 0.174. The molecule has 2 heterocycles. The first-order chi connectivity index (χ1) is 25.3. The zero-order chi connectivity index (χ0) is 33.7. The van der Waals surface area contributed by atoms with Crippen LogP contribution in [0, 0.1) is 0 Å². The molecule has 2 aromatic heterocycles. The summed E-state index contributed by atoms with van der Waals surface area (Å²) in [7, 11) is 0. The third-order valence-electron chi connectivity index (χ3n) is 10.1. The van der Waals surface area contributed by atoms with Crippen LogP contribution in [0.5, 0.6) is 0 Å². The summed E-state index contributed by atoms with van der Waals surface area (Å²) in [5.41, 5.74) is 12.7. The van der Waals surface area contributed by atoms with Crippen LogP contribution >= 0.6 is 0 Å². The average molecular weight is 652 g/mol. The van der Waals surface area contributed by atoms with Crippen LogP contribution in [0.25, 0.3) is 66.1 Å². The Morgan fingerprint density at radius 2 is 0.804 bits per heavy atom. The van der Waals surface area contributed by atoms with E-state index in [4.69, 9.17) is 0 Å². The normalized spacial score (nSPS) is 11.5. The van der Waals surface area contributed by atoms with E-state index in [0.717, 1.165) is 28.4 Å². The maximum absolute atomic E-state index is 2.43. The molecule has 0 fully saturated rings. The predicted octanol–water partition coefficient (Wildman–Crippen LogP) is 13.0. The van der Waals surface area contributed by atoms with Gasteiger partial charge in [-0.05, 0) is 77.9 Å². The van der Waals surface area contributed by atoms with Gasteiger partial charge in [0.2, 0.25) is 0 Å². The Morgan fingerprint density at radius 1 is 0.314 bits per heavy atom. The number of hydrogen-bond acceptors (Lipinski definition) is 1. The SMILES string of the molecule is c1ccc(-c2ccc(N(c3ccc4c5ccccc5n(-c5ccccc5)c4c3)c3cccc4c5ccccc5n(-c5ccccc5)c34)cc2)cc1. The largest absolute Gasteiger partial charge is 0.309 e. The summed E-state index contributed by atoms with van der Waals surface area (Å²) in [5, 5.41) is 4.93. The van der Waals surface area contributed by atoms with E-state index in [-0.39, 0.29) is 0 Å². The molecule has 0 amide bonds. The lowest BCUT2D eigenvalue weighted by Gasteiger charge is -2.27. The molecule has 10 rings (SSSR count). The number of aromatic nitrogens is 2. The Labute approximate surface area is 296 Å². The van der Waals surface area contributed by atoms with Gasteiger partial charge in [0.1, 0.15) is 0 Å². The molecular weight excluding hydrogens is 619 g/mol. The van der Waals surface area contributed by atoms with Crippen molar-refractivity contribution in [3.8, 4) is 22.5 Å². The molecule has 0 saturated heterocycles. The van der Waals surface area contributed by atoms with Crippen LogP contribution in [0.2, 0.25) is 0 Å². The molecule has 8 aromatic carbocycles. The number of nitrogens with zero attached hydrogens (tertiary/aromatic N) is 3. The van der Waals surface area contributed by atoms with E-state index < -0.39 is 0 Å². The number of para-hydroxylation sites is 5. The van der Waals surface area contributed by atoms with Crippen molar-refractivity contribution in [1.29, 1.82) is 0 Å². The lowest BCUT2D eigenvalue weighted by Crippen LogP contribution is -2.12. The van der Waals surface area contributed by atoms with E-state index in [1.165, 1.54) is 54.7 Å². The highest BCUT2D eigenvalue weighted by atomic mass is 15.2. The second-order valence-corrected chi connectivity index (χ2v) is 13.0. The molecule has 0 aliphatic heterocycles. The van der Waals surface area contributed by atoms with Crippen molar-refractivity contribution in [3.05, 3.63) is 200 Å². The van der Waals surface area contributed by atoms with E-state index in [1.807, 2.05) is 0 Å². The third kappa shape index (κ3) is 4.74. The fourth-order valence-electron chi connectivity index (χ4n) is 7.84. The standard InChI is InChI=1S/C48H33N3/c1-4-15-34(16-5-1)35-27-29-38(30-28-35)49(39-31-32-42-40-21-10-12-24-44(40)50(47(42)33-39)36-17-6-2-7-18-36)46-26-14-23-43-41-22-11-13-25-45(41)51(48(43)46)37-19-8-3-9-20-37/h1-33H. The van der Waals surface area contributed by atoms with Crippen LogP contribution in [0.1, 0.15) is 0 Å². The molecule has 3 nitrogen and oxygen atoms in total. The average Bonchev–Trinajstić information content (AvgIpc) is 3.72. The van der Waals surface area contributed by atoms with Gasteiger partial charge in [-0.25, -0.2) is 0 Å². The van der Waals surface area contributed by atoms with E-state index in [2.05, 4.69) is 214 Å². The molecular formula is C48H33N3. The van der Waals surface area contributed by atoms with E-state index in [1.54, 1.807) is 0 Å². The molecule has 0 saturated carbocycles. The lowest BCUT2D eigenvalue weighted by atomic mass is 10.0. The van der Waals surface area contributed by atoms with Crippen LogP contribution in [-0.2, 0) is 0 Å². The lowest BCUT2D eigenvalue weighted by molar-refractivity contribution is 1.16. The first kappa shape index (κ1) is 29.1. The van der Waals surface area contributed by atoms with Gasteiger partial charge in [-0.1, -0.05) is 133 Å². The zero-order valence-corrected chi connectivity index (χ0v) is 27.9. The topological polar surface area (TPSA) is 13.1 Å². The Hall–Kier alpha value is -6.84. The molecule has 0 aliphatic rings. The Kier molecular flexibility index (Phi) is 6.81. The summed E-state index contributed by atoms with van der Waals surface area (Å²) in [6.45, 7) is 0. The highest BCUT2D eigenvalue weighted by Crippen LogP contribution is 2.45. The van der Waals surface area contributed by atoms with Crippen LogP contribution in [0.15, 0.2) is 200 Å². The van der Waals surface area contributed by atoms with Gasteiger partial charge in [-0.2, -0.15) is 0 Å². The molecule has 0 unspecified atom stereocenters. The summed E-state index contributed by atoms with van der Waals surface area (Å²) >= 11 is 0. The maximum Gasteiger partial charge on any atom is 0.0782 e. The first-order valence-electron chi connectivity index (χ1n) is 17.5. The second kappa shape index (κ2) is 11.9. The van der Waals surface area contributed by atoms with Crippen LogP contribution < -0.4 is 4.90 Å².